The van der Waals surface area contributed by atoms with Crippen LogP contribution in [0.4, 0.5) is 0 Å². The van der Waals surface area contributed by atoms with E-state index in [1.807, 2.05) is 0 Å². The lowest BCUT2D eigenvalue weighted by Gasteiger charge is -2.39. The Labute approximate surface area is 114 Å². The Hall–Kier alpha value is -0.420. The topological polar surface area (TPSA) is 49.5 Å². The number of thiophene rings is 1. The Morgan fingerprint density at radius 1 is 1.56 bits per heavy atom. The molecule has 2 unspecified atom stereocenters. The number of nitrogens with two attached hydrogens (primary N) is 1. The zero-order chi connectivity index (χ0) is 13.1. The third kappa shape index (κ3) is 3.12. The Bertz CT molecular complexity index is 349. The molecule has 2 rings (SSSR count). The molecule has 4 heteroatoms. The van der Waals surface area contributed by atoms with E-state index >= 15 is 0 Å². The summed E-state index contributed by atoms with van der Waals surface area (Å²) in [5.74, 6) is 0.634. The Balaban J connectivity index is 1.99. The van der Waals surface area contributed by atoms with Crippen molar-refractivity contribution in [2.24, 2.45) is 11.7 Å². The minimum absolute atomic E-state index is 0.0668. The first-order valence-electron chi connectivity index (χ1n) is 6.77. The first kappa shape index (κ1) is 14.0. The highest BCUT2D eigenvalue weighted by atomic mass is 32.1. The molecule has 1 heterocycles. The number of aliphatic hydroxyl groups excluding tert-OH is 1. The maximum Gasteiger partial charge on any atom is 0.0546 e. The predicted octanol–water partition coefficient (Wildman–Crippen LogP) is 2.23. The highest BCUT2D eigenvalue weighted by molar-refractivity contribution is 7.07. The van der Waals surface area contributed by atoms with Crippen molar-refractivity contribution < 1.29 is 5.11 Å². The van der Waals surface area contributed by atoms with Crippen LogP contribution in [0.3, 0.4) is 0 Å². The molecule has 102 valence electrons. The Morgan fingerprint density at radius 3 is 2.78 bits per heavy atom. The molecule has 1 aliphatic rings. The van der Waals surface area contributed by atoms with Crippen LogP contribution < -0.4 is 5.73 Å². The number of aliphatic hydroxyl groups is 1. The first-order valence-corrected chi connectivity index (χ1v) is 7.72. The van der Waals surface area contributed by atoms with E-state index < -0.39 is 0 Å². The first-order chi connectivity index (χ1) is 8.61. The Morgan fingerprint density at radius 2 is 2.28 bits per heavy atom. The van der Waals surface area contributed by atoms with Gasteiger partial charge in [0, 0.05) is 12.6 Å². The molecule has 0 spiro atoms. The van der Waals surface area contributed by atoms with Gasteiger partial charge in [-0.15, -0.1) is 0 Å². The fourth-order valence-electron chi connectivity index (χ4n) is 2.87. The molecule has 0 saturated heterocycles. The second kappa shape index (κ2) is 6.15. The van der Waals surface area contributed by atoms with Gasteiger partial charge in [0.25, 0.3) is 0 Å². The summed E-state index contributed by atoms with van der Waals surface area (Å²) in [6.07, 6.45) is 2.81. The summed E-state index contributed by atoms with van der Waals surface area (Å²) >= 11 is 1.73. The van der Waals surface area contributed by atoms with Gasteiger partial charge in [0.15, 0.2) is 0 Å². The maximum absolute atomic E-state index is 9.37. The molecule has 0 bridgehead atoms. The molecule has 0 aromatic carbocycles. The molecule has 3 N–H and O–H groups in total. The van der Waals surface area contributed by atoms with Gasteiger partial charge in [-0.25, -0.2) is 0 Å². The average molecular weight is 268 g/mol. The lowest BCUT2D eigenvalue weighted by molar-refractivity contribution is 0.0197. The van der Waals surface area contributed by atoms with E-state index in [9.17, 15) is 5.11 Å². The van der Waals surface area contributed by atoms with Crippen LogP contribution in [0.15, 0.2) is 16.8 Å². The monoisotopic (exact) mass is 268 g/mol. The SMILES string of the molecule is CCC(N)C(c1ccsc1)N(C)CC1CC(O)C1. The molecule has 0 radical (unpaired) electrons. The third-order valence-electron chi connectivity index (χ3n) is 3.99. The highest BCUT2D eigenvalue weighted by Gasteiger charge is 2.31. The summed E-state index contributed by atoms with van der Waals surface area (Å²) in [7, 11) is 2.16. The van der Waals surface area contributed by atoms with Crippen LogP contribution in [-0.2, 0) is 0 Å². The van der Waals surface area contributed by atoms with E-state index in [-0.39, 0.29) is 12.1 Å². The lowest BCUT2D eigenvalue weighted by atomic mass is 9.81. The molecule has 1 aromatic heterocycles. The van der Waals surface area contributed by atoms with Crippen molar-refractivity contribution in [2.75, 3.05) is 13.6 Å². The van der Waals surface area contributed by atoms with Gasteiger partial charge < -0.3 is 10.8 Å². The largest absolute Gasteiger partial charge is 0.393 e. The normalized spacial score (nSPS) is 26.9. The van der Waals surface area contributed by atoms with Gasteiger partial charge in [0.05, 0.1) is 12.1 Å². The van der Waals surface area contributed by atoms with Crippen molar-refractivity contribution in [3.05, 3.63) is 22.4 Å². The van der Waals surface area contributed by atoms with E-state index in [2.05, 4.69) is 35.7 Å². The molecular formula is C14H24N2OS. The maximum atomic E-state index is 9.37. The zero-order valence-corrected chi connectivity index (χ0v) is 12.1. The molecule has 1 aliphatic carbocycles. The molecule has 18 heavy (non-hydrogen) atoms. The molecule has 2 atom stereocenters. The number of hydrogen-bond acceptors (Lipinski definition) is 4. The smallest absolute Gasteiger partial charge is 0.0546 e. The van der Waals surface area contributed by atoms with Crippen molar-refractivity contribution in [3.63, 3.8) is 0 Å². The summed E-state index contributed by atoms with van der Waals surface area (Å²) < 4.78 is 0. The second-order valence-electron chi connectivity index (χ2n) is 5.50. The molecular weight excluding hydrogens is 244 g/mol. The van der Waals surface area contributed by atoms with Gasteiger partial charge in [-0.05, 0) is 54.6 Å². The average Bonchev–Trinajstić information content (AvgIpc) is 2.80. The number of rotatable bonds is 6. The summed E-state index contributed by atoms with van der Waals surface area (Å²) in [6.45, 7) is 3.18. The zero-order valence-electron chi connectivity index (χ0n) is 11.2. The van der Waals surface area contributed by atoms with Gasteiger partial charge >= 0.3 is 0 Å². The summed E-state index contributed by atoms with van der Waals surface area (Å²) in [5, 5.41) is 13.7. The van der Waals surface area contributed by atoms with Crippen LogP contribution >= 0.6 is 11.3 Å². The van der Waals surface area contributed by atoms with Crippen LogP contribution in [-0.4, -0.2) is 35.7 Å². The van der Waals surface area contributed by atoms with Gasteiger partial charge in [-0.3, -0.25) is 4.90 Å². The van der Waals surface area contributed by atoms with Crippen molar-refractivity contribution in [3.8, 4) is 0 Å². The van der Waals surface area contributed by atoms with Crippen molar-refractivity contribution in [2.45, 2.75) is 44.4 Å². The predicted molar refractivity (Wildman–Crippen MR) is 76.7 cm³/mol. The fraction of sp³-hybridized carbons (Fsp3) is 0.714. The van der Waals surface area contributed by atoms with Gasteiger partial charge in [0.2, 0.25) is 0 Å². The molecule has 3 nitrogen and oxygen atoms in total. The summed E-state index contributed by atoms with van der Waals surface area (Å²) in [4.78, 5) is 2.37. The van der Waals surface area contributed by atoms with Crippen LogP contribution in [0.25, 0.3) is 0 Å². The van der Waals surface area contributed by atoms with Crippen molar-refractivity contribution in [1.82, 2.24) is 4.90 Å². The Kier molecular flexibility index (Phi) is 4.78. The van der Waals surface area contributed by atoms with E-state index in [0.29, 0.717) is 12.0 Å². The minimum Gasteiger partial charge on any atom is -0.393 e. The number of likely N-dealkylation sites (N-methyl/N-ethyl adjacent to an activating group) is 1. The van der Waals surface area contributed by atoms with E-state index in [4.69, 9.17) is 5.73 Å². The molecule has 1 aromatic rings. The van der Waals surface area contributed by atoms with Gasteiger partial charge in [-0.2, -0.15) is 11.3 Å². The van der Waals surface area contributed by atoms with Crippen LogP contribution in [0.2, 0.25) is 0 Å². The molecule has 1 fully saturated rings. The quantitative estimate of drug-likeness (QED) is 0.832. The molecule has 0 aliphatic heterocycles. The van der Waals surface area contributed by atoms with E-state index in [1.54, 1.807) is 11.3 Å². The minimum atomic E-state index is -0.0668. The van der Waals surface area contributed by atoms with E-state index in [1.165, 1.54) is 5.56 Å². The fourth-order valence-corrected chi connectivity index (χ4v) is 3.55. The van der Waals surface area contributed by atoms with Crippen LogP contribution in [0.5, 0.6) is 0 Å². The van der Waals surface area contributed by atoms with Gasteiger partial charge in [0.1, 0.15) is 0 Å². The van der Waals surface area contributed by atoms with Crippen LogP contribution in [0, 0.1) is 5.92 Å². The van der Waals surface area contributed by atoms with Gasteiger partial charge in [-0.1, -0.05) is 6.92 Å². The van der Waals surface area contributed by atoms with Crippen molar-refractivity contribution in [1.29, 1.82) is 0 Å². The lowest BCUT2D eigenvalue weighted by Crippen LogP contribution is -2.43. The second-order valence-corrected chi connectivity index (χ2v) is 6.28. The molecule has 0 amide bonds. The standard InChI is InChI=1S/C14H24N2OS/c1-3-13(15)14(11-4-5-18-9-11)16(2)8-10-6-12(17)7-10/h4-5,9-10,12-14,17H,3,6-8,15H2,1-2H3. The van der Waals surface area contributed by atoms with E-state index in [0.717, 1.165) is 25.8 Å². The third-order valence-corrected chi connectivity index (χ3v) is 4.69. The summed E-state index contributed by atoms with van der Waals surface area (Å²) in [6, 6.07) is 2.66. The van der Waals surface area contributed by atoms with Crippen molar-refractivity contribution >= 4 is 11.3 Å². The molecule has 1 saturated carbocycles. The highest BCUT2D eigenvalue weighted by Crippen LogP contribution is 2.32. The number of hydrogen-bond donors (Lipinski definition) is 2. The summed E-state index contributed by atoms with van der Waals surface area (Å²) in [5.41, 5.74) is 7.62. The van der Waals surface area contributed by atoms with Crippen LogP contribution in [0.1, 0.15) is 37.8 Å². The number of nitrogens with zero attached hydrogens (tertiary/aromatic N) is 1.